The summed E-state index contributed by atoms with van der Waals surface area (Å²) in [7, 11) is 0. The maximum Gasteiger partial charge on any atom is 0.263 e. The largest absolute Gasteiger partial charge is 0.390 e. The van der Waals surface area contributed by atoms with Crippen LogP contribution in [-0.2, 0) is 11.2 Å². The van der Waals surface area contributed by atoms with Gasteiger partial charge in [-0.05, 0) is 24.3 Å². The van der Waals surface area contributed by atoms with Crippen molar-refractivity contribution < 1.29 is 4.79 Å². The van der Waals surface area contributed by atoms with Crippen LogP contribution in [0.3, 0.4) is 0 Å². The van der Waals surface area contributed by atoms with Crippen LogP contribution in [0, 0.1) is 17.2 Å². The highest BCUT2D eigenvalue weighted by atomic mass is 16.1. The van der Waals surface area contributed by atoms with Gasteiger partial charge in [0.05, 0.1) is 0 Å². The Balaban J connectivity index is 2.30. The summed E-state index contributed by atoms with van der Waals surface area (Å²) < 4.78 is 0. The summed E-state index contributed by atoms with van der Waals surface area (Å²) in [5, 5.41) is 14.7. The first kappa shape index (κ1) is 16.8. The van der Waals surface area contributed by atoms with E-state index in [-0.39, 0.29) is 11.5 Å². The van der Waals surface area contributed by atoms with Crippen LogP contribution in [0.5, 0.6) is 0 Å². The molecule has 0 heterocycles. The third-order valence-electron chi connectivity index (χ3n) is 2.91. The highest BCUT2D eigenvalue weighted by molar-refractivity contribution is 5.97. The number of benzene rings is 1. The molecule has 0 radical (unpaired) electrons. The Morgan fingerprint density at radius 2 is 2.05 bits per heavy atom. The van der Waals surface area contributed by atoms with Gasteiger partial charge in [0.2, 0.25) is 0 Å². The first-order valence-corrected chi connectivity index (χ1v) is 7.29. The van der Waals surface area contributed by atoms with Crippen LogP contribution < -0.4 is 10.6 Å². The number of carbonyl (C=O) groups excluding carboxylic acids is 1. The maximum atomic E-state index is 11.7. The standard InChI is InChI=1S/C17H23N3O/c1-14(2)12-20-17(21)16(11-18)13-19-10-6-9-15-7-4-3-5-8-15/h3-5,7-8,13-14,19H,6,9-10,12H2,1-2H3,(H,20,21)/b16-13-. The molecule has 0 aliphatic rings. The van der Waals surface area contributed by atoms with Crippen LogP contribution in [0.2, 0.25) is 0 Å². The Morgan fingerprint density at radius 1 is 1.33 bits per heavy atom. The first-order valence-electron chi connectivity index (χ1n) is 7.29. The Labute approximate surface area is 126 Å². The van der Waals surface area contributed by atoms with E-state index in [0.29, 0.717) is 12.5 Å². The van der Waals surface area contributed by atoms with Gasteiger partial charge in [-0.2, -0.15) is 5.26 Å². The minimum Gasteiger partial charge on any atom is -0.390 e. The predicted octanol–water partition coefficient (Wildman–Crippen LogP) is 2.39. The van der Waals surface area contributed by atoms with Gasteiger partial charge in [-0.25, -0.2) is 0 Å². The molecule has 0 saturated heterocycles. The zero-order valence-corrected chi connectivity index (χ0v) is 12.7. The second-order valence-electron chi connectivity index (χ2n) is 5.32. The van der Waals surface area contributed by atoms with Crippen molar-refractivity contribution >= 4 is 5.91 Å². The number of hydrogen-bond acceptors (Lipinski definition) is 3. The summed E-state index contributed by atoms with van der Waals surface area (Å²) in [6, 6.07) is 12.2. The van der Waals surface area contributed by atoms with Crippen molar-refractivity contribution in [2.75, 3.05) is 13.1 Å². The lowest BCUT2D eigenvalue weighted by molar-refractivity contribution is -0.117. The van der Waals surface area contributed by atoms with Gasteiger partial charge < -0.3 is 10.6 Å². The normalized spacial score (nSPS) is 11.0. The van der Waals surface area contributed by atoms with Crippen molar-refractivity contribution in [3.8, 4) is 6.07 Å². The Morgan fingerprint density at radius 3 is 2.67 bits per heavy atom. The van der Waals surface area contributed by atoms with Crippen molar-refractivity contribution in [3.63, 3.8) is 0 Å². The van der Waals surface area contributed by atoms with Crippen molar-refractivity contribution in [2.24, 2.45) is 5.92 Å². The van der Waals surface area contributed by atoms with Crippen LogP contribution in [0.4, 0.5) is 0 Å². The van der Waals surface area contributed by atoms with Gasteiger partial charge in [0.15, 0.2) is 0 Å². The lowest BCUT2D eigenvalue weighted by atomic mass is 10.1. The number of nitrogens with zero attached hydrogens (tertiary/aromatic N) is 1. The fraction of sp³-hybridized carbons (Fsp3) is 0.412. The smallest absolute Gasteiger partial charge is 0.263 e. The molecule has 0 aliphatic heterocycles. The number of nitrogens with one attached hydrogen (secondary N) is 2. The van der Waals surface area contributed by atoms with Gasteiger partial charge in [-0.3, -0.25) is 4.79 Å². The minimum atomic E-state index is -0.318. The van der Waals surface area contributed by atoms with E-state index in [1.807, 2.05) is 38.1 Å². The van der Waals surface area contributed by atoms with E-state index < -0.39 is 0 Å². The lowest BCUT2D eigenvalue weighted by Gasteiger charge is -2.07. The average molecular weight is 285 g/mol. The van der Waals surface area contributed by atoms with E-state index in [4.69, 9.17) is 5.26 Å². The molecule has 4 heteroatoms. The molecule has 0 aliphatic carbocycles. The molecule has 112 valence electrons. The van der Waals surface area contributed by atoms with Gasteiger partial charge in [-0.15, -0.1) is 0 Å². The summed E-state index contributed by atoms with van der Waals surface area (Å²) in [4.78, 5) is 11.7. The molecule has 0 atom stereocenters. The Kier molecular flexibility index (Phi) is 7.67. The summed E-state index contributed by atoms with van der Waals surface area (Å²) >= 11 is 0. The van der Waals surface area contributed by atoms with Gasteiger partial charge in [-0.1, -0.05) is 44.2 Å². The first-order chi connectivity index (χ1) is 10.1. The van der Waals surface area contributed by atoms with Crippen molar-refractivity contribution in [3.05, 3.63) is 47.7 Å². The predicted molar refractivity (Wildman–Crippen MR) is 84.3 cm³/mol. The molecular formula is C17H23N3O. The molecule has 4 nitrogen and oxygen atoms in total. The molecular weight excluding hydrogens is 262 g/mol. The zero-order valence-electron chi connectivity index (χ0n) is 12.7. The summed E-state index contributed by atoms with van der Waals surface area (Å²) in [6.45, 7) is 5.33. The van der Waals surface area contributed by atoms with Crippen LogP contribution in [0.1, 0.15) is 25.8 Å². The highest BCUT2D eigenvalue weighted by Crippen LogP contribution is 2.01. The molecule has 0 aromatic heterocycles. The van der Waals surface area contributed by atoms with Crippen molar-refractivity contribution in [1.29, 1.82) is 5.26 Å². The SMILES string of the molecule is CC(C)CNC(=O)/C(C#N)=C\NCCCc1ccccc1. The third-order valence-corrected chi connectivity index (χ3v) is 2.91. The molecule has 21 heavy (non-hydrogen) atoms. The summed E-state index contributed by atoms with van der Waals surface area (Å²) in [5.41, 5.74) is 1.41. The molecule has 0 bridgehead atoms. The molecule has 0 saturated carbocycles. The summed E-state index contributed by atoms with van der Waals surface area (Å²) in [6.07, 6.45) is 3.43. The number of aryl methyl sites for hydroxylation is 1. The molecule has 1 aromatic carbocycles. The summed E-state index contributed by atoms with van der Waals surface area (Å²) in [5.74, 6) is 0.0504. The number of nitriles is 1. The molecule has 1 rings (SSSR count). The quantitative estimate of drug-likeness (QED) is 0.438. The van der Waals surface area contributed by atoms with Crippen LogP contribution in [0.15, 0.2) is 42.1 Å². The minimum absolute atomic E-state index is 0.121. The van der Waals surface area contributed by atoms with E-state index in [0.717, 1.165) is 19.4 Å². The molecule has 1 aromatic rings. The second kappa shape index (κ2) is 9.60. The van der Waals surface area contributed by atoms with Crippen LogP contribution in [0.25, 0.3) is 0 Å². The molecule has 0 spiro atoms. The van der Waals surface area contributed by atoms with Gasteiger partial charge in [0.1, 0.15) is 11.6 Å². The Bertz CT molecular complexity index is 501. The van der Waals surface area contributed by atoms with Crippen LogP contribution in [-0.4, -0.2) is 19.0 Å². The van der Waals surface area contributed by atoms with E-state index in [2.05, 4.69) is 22.8 Å². The molecule has 0 fully saturated rings. The van der Waals surface area contributed by atoms with E-state index in [1.165, 1.54) is 11.8 Å². The fourth-order valence-corrected chi connectivity index (χ4v) is 1.75. The van der Waals surface area contributed by atoms with E-state index >= 15 is 0 Å². The monoisotopic (exact) mass is 285 g/mol. The number of rotatable bonds is 8. The highest BCUT2D eigenvalue weighted by Gasteiger charge is 2.08. The van der Waals surface area contributed by atoms with Crippen LogP contribution >= 0.6 is 0 Å². The van der Waals surface area contributed by atoms with Crippen molar-refractivity contribution in [1.82, 2.24) is 10.6 Å². The van der Waals surface area contributed by atoms with Gasteiger partial charge >= 0.3 is 0 Å². The molecule has 1 amide bonds. The second-order valence-corrected chi connectivity index (χ2v) is 5.32. The van der Waals surface area contributed by atoms with Crippen molar-refractivity contribution in [2.45, 2.75) is 26.7 Å². The van der Waals surface area contributed by atoms with Gasteiger partial charge in [0.25, 0.3) is 5.91 Å². The van der Waals surface area contributed by atoms with E-state index in [1.54, 1.807) is 0 Å². The van der Waals surface area contributed by atoms with E-state index in [9.17, 15) is 4.79 Å². The Hall–Kier alpha value is -2.28. The fourth-order valence-electron chi connectivity index (χ4n) is 1.75. The van der Waals surface area contributed by atoms with Gasteiger partial charge in [0, 0.05) is 19.3 Å². The third kappa shape index (κ3) is 7.17. The topological polar surface area (TPSA) is 64.9 Å². The number of amides is 1. The average Bonchev–Trinajstić information content (AvgIpc) is 2.49. The molecule has 0 unspecified atom stereocenters. The zero-order chi connectivity index (χ0) is 15.5. The maximum absolute atomic E-state index is 11.7. The number of hydrogen-bond donors (Lipinski definition) is 2. The lowest BCUT2D eigenvalue weighted by Crippen LogP contribution is -2.29. The number of carbonyl (C=O) groups is 1. The molecule has 2 N–H and O–H groups in total.